The molecule has 0 amide bonds. The van der Waals surface area contributed by atoms with Crippen molar-refractivity contribution in [3.8, 4) is 0 Å². The van der Waals surface area contributed by atoms with Crippen molar-refractivity contribution in [2.75, 3.05) is 13.7 Å². The summed E-state index contributed by atoms with van der Waals surface area (Å²) in [7, 11) is 1.11. The first-order chi connectivity index (χ1) is 9.47. The number of ether oxygens (including phenoxy) is 1. The van der Waals surface area contributed by atoms with Gasteiger partial charge in [0.2, 0.25) is 6.54 Å². The number of halogens is 1. The number of hydrogen-bond acceptors (Lipinski definition) is 5. The van der Waals surface area contributed by atoms with Gasteiger partial charge in [0, 0.05) is 20.5 Å². The number of nitrogens with zero attached hydrogens (tertiary/aromatic N) is 4. The molecule has 0 radical (unpaired) electrons. The van der Waals surface area contributed by atoms with Crippen LogP contribution in [0.15, 0.2) is 28.9 Å². The van der Waals surface area contributed by atoms with Crippen LogP contribution in [0, 0.1) is 10.1 Å². The Kier molecular flexibility index (Phi) is 5.52. The van der Waals surface area contributed by atoms with Gasteiger partial charge >= 0.3 is 5.97 Å². The summed E-state index contributed by atoms with van der Waals surface area (Å²) in [5, 5.41) is 14.3. The summed E-state index contributed by atoms with van der Waals surface area (Å²) >= 11 is 5.81. The predicted molar refractivity (Wildman–Crippen MR) is 72.1 cm³/mol. The van der Waals surface area contributed by atoms with Gasteiger partial charge in [-0.3, -0.25) is 10.1 Å². The molecule has 1 aromatic rings. The van der Waals surface area contributed by atoms with Crippen molar-refractivity contribution in [1.29, 1.82) is 0 Å². The fourth-order valence-electron chi connectivity index (χ4n) is 1.41. The molecule has 0 bridgehead atoms. The van der Waals surface area contributed by atoms with Gasteiger partial charge in [0.05, 0.1) is 7.11 Å². The van der Waals surface area contributed by atoms with Crippen LogP contribution >= 0.6 is 11.6 Å². The van der Waals surface area contributed by atoms with Crippen molar-refractivity contribution >= 4 is 29.3 Å². The first kappa shape index (κ1) is 15.5. The zero-order valence-electron chi connectivity index (χ0n) is 10.3. The third kappa shape index (κ3) is 4.27. The van der Waals surface area contributed by atoms with Gasteiger partial charge in [-0.1, -0.05) is 22.8 Å². The van der Waals surface area contributed by atoms with Crippen molar-refractivity contribution in [3.63, 3.8) is 0 Å². The molecule has 0 fully saturated rings. The number of nitro groups is 1. The molecule has 0 N–H and O–H groups in total. The van der Waals surface area contributed by atoms with Crippen LogP contribution in [0.3, 0.4) is 0 Å². The third-order valence-electron chi connectivity index (χ3n) is 2.22. The normalized spacial score (nSPS) is 10.6. The molecule has 8 nitrogen and oxygen atoms in total. The van der Waals surface area contributed by atoms with Gasteiger partial charge in [0.1, 0.15) is 5.57 Å². The Morgan fingerprint density at radius 2 is 2.35 bits per heavy atom. The third-order valence-corrected chi connectivity index (χ3v) is 2.45. The Balaban J connectivity index is 3.34. The standard InChI is InChI=1S/C11H9ClN4O4/c1-20-11(17)8(6-16(18)19)4-7-5-9(12)2-3-10(7)14-15-13/h2-5H,6H2,1H3/b8-4+. The molecule has 0 spiro atoms. The average molecular weight is 297 g/mol. The number of hydrogen-bond donors (Lipinski definition) is 0. The SMILES string of the molecule is COC(=O)/C(=C/c1cc(Cl)ccc1N=[N+]=[N-])C[N+](=O)[O-]. The van der Waals surface area contributed by atoms with Crippen molar-refractivity contribution in [3.05, 3.63) is 54.9 Å². The van der Waals surface area contributed by atoms with Gasteiger partial charge in [0.25, 0.3) is 0 Å². The molecule has 0 unspecified atom stereocenters. The second kappa shape index (κ2) is 7.13. The topological polar surface area (TPSA) is 118 Å². The molecule has 0 aliphatic heterocycles. The number of carbonyl (C=O) groups excluding carboxylic acids is 1. The Labute approximate surface area is 118 Å². The molecule has 1 rings (SSSR count). The minimum atomic E-state index is -0.839. The van der Waals surface area contributed by atoms with Gasteiger partial charge < -0.3 is 4.74 Å². The highest BCUT2D eigenvalue weighted by Crippen LogP contribution is 2.26. The van der Waals surface area contributed by atoms with E-state index in [1.165, 1.54) is 24.3 Å². The smallest absolute Gasteiger partial charge is 0.340 e. The maximum atomic E-state index is 11.5. The summed E-state index contributed by atoms with van der Waals surface area (Å²) < 4.78 is 4.47. The van der Waals surface area contributed by atoms with E-state index in [0.29, 0.717) is 5.02 Å². The van der Waals surface area contributed by atoms with E-state index in [4.69, 9.17) is 17.1 Å². The Morgan fingerprint density at radius 1 is 1.65 bits per heavy atom. The predicted octanol–water partition coefficient (Wildman–Crippen LogP) is 3.11. The summed E-state index contributed by atoms with van der Waals surface area (Å²) in [4.78, 5) is 24.0. The maximum Gasteiger partial charge on any atom is 0.340 e. The van der Waals surface area contributed by atoms with E-state index < -0.39 is 17.4 Å². The second-order valence-electron chi connectivity index (χ2n) is 3.54. The van der Waals surface area contributed by atoms with E-state index in [1.807, 2.05) is 0 Å². The van der Waals surface area contributed by atoms with Gasteiger partial charge in [-0.25, -0.2) is 4.79 Å². The van der Waals surface area contributed by atoms with Gasteiger partial charge in [0.15, 0.2) is 0 Å². The van der Waals surface area contributed by atoms with E-state index >= 15 is 0 Å². The summed E-state index contributed by atoms with van der Waals surface area (Å²) in [5.74, 6) is -0.839. The lowest BCUT2D eigenvalue weighted by Crippen LogP contribution is -2.14. The van der Waals surface area contributed by atoms with Crippen LogP contribution in [0.25, 0.3) is 16.5 Å². The minimum Gasteiger partial charge on any atom is -0.465 e. The van der Waals surface area contributed by atoms with Crippen LogP contribution in [0.5, 0.6) is 0 Å². The van der Waals surface area contributed by atoms with Gasteiger partial charge in [-0.15, -0.1) is 0 Å². The summed E-state index contributed by atoms with van der Waals surface area (Å²) in [6, 6.07) is 4.36. The van der Waals surface area contributed by atoms with Crippen molar-refractivity contribution in [2.24, 2.45) is 5.11 Å². The Hall–Kier alpha value is -2.57. The van der Waals surface area contributed by atoms with Crippen LogP contribution in [0.2, 0.25) is 5.02 Å². The molecular weight excluding hydrogens is 288 g/mol. The molecular formula is C11H9ClN4O4. The number of carbonyl (C=O) groups is 1. The fourth-order valence-corrected chi connectivity index (χ4v) is 1.59. The van der Waals surface area contributed by atoms with Crippen molar-refractivity contribution in [2.45, 2.75) is 0 Å². The maximum absolute atomic E-state index is 11.5. The number of azide groups is 1. The Bertz CT molecular complexity index is 623. The van der Waals surface area contributed by atoms with E-state index in [0.717, 1.165) is 7.11 Å². The van der Waals surface area contributed by atoms with Crippen LogP contribution in [-0.2, 0) is 9.53 Å². The number of benzene rings is 1. The van der Waals surface area contributed by atoms with Crippen LogP contribution in [0.4, 0.5) is 5.69 Å². The summed E-state index contributed by atoms with van der Waals surface area (Å²) in [5.41, 5.74) is 8.75. The Morgan fingerprint density at radius 3 is 2.90 bits per heavy atom. The zero-order chi connectivity index (χ0) is 15.1. The second-order valence-corrected chi connectivity index (χ2v) is 3.98. The van der Waals surface area contributed by atoms with Crippen LogP contribution < -0.4 is 0 Å². The lowest BCUT2D eigenvalue weighted by atomic mass is 10.1. The molecule has 0 saturated carbocycles. The molecule has 1 aromatic carbocycles. The van der Waals surface area contributed by atoms with Crippen LogP contribution in [-0.4, -0.2) is 24.5 Å². The van der Waals surface area contributed by atoms with Crippen LogP contribution in [0.1, 0.15) is 5.56 Å². The lowest BCUT2D eigenvalue weighted by molar-refractivity contribution is -0.470. The van der Waals surface area contributed by atoms with Crippen molar-refractivity contribution < 1.29 is 14.5 Å². The first-order valence-corrected chi connectivity index (χ1v) is 5.61. The minimum absolute atomic E-state index is 0.186. The number of methoxy groups -OCH3 is 1. The average Bonchev–Trinajstić information content (AvgIpc) is 2.39. The van der Waals surface area contributed by atoms with Gasteiger partial charge in [-0.2, -0.15) is 0 Å². The highest BCUT2D eigenvalue weighted by atomic mass is 35.5. The van der Waals surface area contributed by atoms with E-state index in [2.05, 4.69) is 14.8 Å². The molecule has 0 saturated heterocycles. The molecule has 0 atom stereocenters. The molecule has 0 heterocycles. The largest absolute Gasteiger partial charge is 0.465 e. The monoisotopic (exact) mass is 296 g/mol. The molecule has 104 valence electrons. The zero-order valence-corrected chi connectivity index (χ0v) is 11.1. The van der Waals surface area contributed by atoms with E-state index in [-0.39, 0.29) is 16.8 Å². The quantitative estimate of drug-likeness (QED) is 0.158. The molecule has 9 heteroatoms. The highest BCUT2D eigenvalue weighted by Gasteiger charge is 2.16. The highest BCUT2D eigenvalue weighted by molar-refractivity contribution is 6.30. The van der Waals surface area contributed by atoms with Gasteiger partial charge in [-0.05, 0) is 29.3 Å². The van der Waals surface area contributed by atoms with E-state index in [1.54, 1.807) is 0 Å². The fraction of sp³-hybridized carbons (Fsp3) is 0.182. The molecule has 20 heavy (non-hydrogen) atoms. The molecule has 0 aliphatic carbocycles. The summed E-state index contributed by atoms with van der Waals surface area (Å²) in [6.45, 7) is -0.713. The number of esters is 1. The number of rotatable bonds is 5. The summed E-state index contributed by atoms with van der Waals surface area (Å²) in [6.07, 6.45) is 1.21. The lowest BCUT2D eigenvalue weighted by Gasteiger charge is -2.04. The molecule has 0 aliphatic rings. The van der Waals surface area contributed by atoms with E-state index in [9.17, 15) is 14.9 Å². The first-order valence-electron chi connectivity index (χ1n) is 5.23. The van der Waals surface area contributed by atoms with Crippen molar-refractivity contribution in [1.82, 2.24) is 0 Å². The molecule has 0 aromatic heterocycles.